The number of carbonyl (C=O) groups is 1. The minimum absolute atomic E-state index is 0.338. The lowest BCUT2D eigenvalue weighted by molar-refractivity contribution is 0.0522. The number of allylic oxidation sites excluding steroid dienone is 1. The van der Waals surface area contributed by atoms with E-state index in [1.807, 2.05) is 35.7 Å². The quantitative estimate of drug-likeness (QED) is 0.761. The second kappa shape index (κ2) is 4.41. The number of fused-ring (bicyclic) bond motifs is 1. The molecule has 0 saturated heterocycles. The summed E-state index contributed by atoms with van der Waals surface area (Å²) in [5.74, 6) is 0.285. The fourth-order valence-electron chi connectivity index (χ4n) is 1.69. The van der Waals surface area contributed by atoms with Crippen LogP contribution >= 0.6 is 0 Å². The second-order valence-electron chi connectivity index (χ2n) is 3.74. The molecular weight excluding hydrogens is 216 g/mol. The Bertz CT molecular complexity index is 584. The number of rotatable bonds is 3. The zero-order valence-electron chi connectivity index (χ0n) is 9.93. The zero-order valence-corrected chi connectivity index (χ0v) is 9.93. The van der Waals surface area contributed by atoms with Gasteiger partial charge in [0, 0.05) is 6.20 Å². The Morgan fingerprint density at radius 1 is 1.53 bits per heavy atom. The van der Waals surface area contributed by atoms with Gasteiger partial charge >= 0.3 is 5.97 Å². The van der Waals surface area contributed by atoms with Crippen LogP contribution in [-0.2, 0) is 4.74 Å². The van der Waals surface area contributed by atoms with Crippen LogP contribution in [0.3, 0.4) is 0 Å². The summed E-state index contributed by atoms with van der Waals surface area (Å²) in [6.07, 6.45) is 1.86. The van der Waals surface area contributed by atoms with E-state index in [-0.39, 0.29) is 0 Å². The monoisotopic (exact) mass is 230 g/mol. The number of esters is 1. The molecule has 4 nitrogen and oxygen atoms in total. The Hall–Kier alpha value is -2.10. The van der Waals surface area contributed by atoms with Crippen LogP contribution in [0.2, 0.25) is 0 Å². The minimum atomic E-state index is -0.399. The smallest absolute Gasteiger partial charge is 0.359 e. The molecule has 0 spiro atoms. The van der Waals surface area contributed by atoms with Gasteiger partial charge in [0.05, 0.1) is 12.1 Å². The fraction of sp³-hybridized carbons (Fsp3) is 0.231. The first-order chi connectivity index (χ1) is 8.15. The van der Waals surface area contributed by atoms with E-state index in [9.17, 15) is 4.79 Å². The lowest BCUT2D eigenvalue weighted by atomic mass is 10.3. The van der Waals surface area contributed by atoms with Crippen molar-refractivity contribution in [3.05, 3.63) is 42.5 Å². The molecule has 0 atom stereocenters. The molecule has 0 radical (unpaired) electrons. The summed E-state index contributed by atoms with van der Waals surface area (Å²) < 4.78 is 6.83. The van der Waals surface area contributed by atoms with Crippen LogP contribution in [0, 0.1) is 0 Å². The summed E-state index contributed by atoms with van der Waals surface area (Å²) in [6.45, 7) is 7.83. The number of hydrogen-bond donors (Lipinski definition) is 0. The first kappa shape index (κ1) is 11.4. The minimum Gasteiger partial charge on any atom is -0.461 e. The molecule has 0 aliphatic rings. The largest absolute Gasteiger partial charge is 0.461 e. The molecule has 0 aliphatic heterocycles. The molecule has 0 bridgehead atoms. The average Bonchev–Trinajstić information content (AvgIpc) is 2.69. The van der Waals surface area contributed by atoms with Crippen LogP contribution in [0.4, 0.5) is 0 Å². The molecule has 0 aromatic carbocycles. The topological polar surface area (TPSA) is 43.6 Å². The van der Waals surface area contributed by atoms with E-state index in [0.717, 1.165) is 11.1 Å². The van der Waals surface area contributed by atoms with Crippen molar-refractivity contribution in [2.24, 2.45) is 0 Å². The van der Waals surface area contributed by atoms with Gasteiger partial charge in [-0.2, -0.15) is 0 Å². The molecule has 0 saturated carbocycles. The zero-order chi connectivity index (χ0) is 12.4. The van der Waals surface area contributed by atoms with Gasteiger partial charge in [0.1, 0.15) is 5.82 Å². The third-order valence-electron chi connectivity index (χ3n) is 2.40. The summed E-state index contributed by atoms with van der Waals surface area (Å²) in [5.41, 5.74) is 1.89. The molecule has 0 N–H and O–H groups in total. The summed E-state index contributed by atoms with van der Waals surface area (Å²) in [7, 11) is 0. The van der Waals surface area contributed by atoms with Crippen LogP contribution in [0.15, 0.2) is 31.0 Å². The summed E-state index contributed by atoms with van der Waals surface area (Å²) in [4.78, 5) is 16.1. The maximum absolute atomic E-state index is 11.8. The molecule has 0 amide bonds. The predicted octanol–water partition coefficient (Wildman–Crippen LogP) is 2.54. The number of carbonyl (C=O) groups excluding carboxylic acids is 1. The van der Waals surface area contributed by atoms with Crippen molar-refractivity contribution in [3.8, 4) is 0 Å². The van der Waals surface area contributed by atoms with Crippen molar-refractivity contribution < 1.29 is 9.53 Å². The SMILES string of the molecule is C=C(C)c1nc(C(=O)OCC)c2ccccn12. The van der Waals surface area contributed by atoms with Crippen molar-refractivity contribution in [2.45, 2.75) is 13.8 Å². The lowest BCUT2D eigenvalue weighted by Gasteiger charge is -1.99. The molecule has 4 heteroatoms. The van der Waals surface area contributed by atoms with Gasteiger partial charge in [-0.05, 0) is 31.6 Å². The van der Waals surface area contributed by atoms with Crippen molar-refractivity contribution in [1.29, 1.82) is 0 Å². The first-order valence-corrected chi connectivity index (χ1v) is 5.45. The highest BCUT2D eigenvalue weighted by Crippen LogP contribution is 2.18. The van der Waals surface area contributed by atoms with Gasteiger partial charge in [-0.25, -0.2) is 9.78 Å². The number of hydrogen-bond acceptors (Lipinski definition) is 3. The van der Waals surface area contributed by atoms with Crippen LogP contribution < -0.4 is 0 Å². The Morgan fingerprint density at radius 3 is 2.94 bits per heavy atom. The fourth-order valence-corrected chi connectivity index (χ4v) is 1.69. The van der Waals surface area contributed by atoms with Gasteiger partial charge in [0.15, 0.2) is 5.69 Å². The second-order valence-corrected chi connectivity index (χ2v) is 3.74. The van der Waals surface area contributed by atoms with Gasteiger partial charge in [-0.15, -0.1) is 0 Å². The van der Waals surface area contributed by atoms with E-state index in [0.29, 0.717) is 18.1 Å². The highest BCUT2D eigenvalue weighted by molar-refractivity contribution is 5.95. The third kappa shape index (κ3) is 1.93. The maximum atomic E-state index is 11.8. The Kier molecular flexibility index (Phi) is 2.95. The van der Waals surface area contributed by atoms with E-state index in [4.69, 9.17) is 4.74 Å². The number of imidazole rings is 1. The van der Waals surface area contributed by atoms with Gasteiger partial charge in [0.25, 0.3) is 0 Å². The van der Waals surface area contributed by atoms with Gasteiger partial charge < -0.3 is 4.74 Å². The maximum Gasteiger partial charge on any atom is 0.359 e. The first-order valence-electron chi connectivity index (χ1n) is 5.45. The van der Waals surface area contributed by atoms with E-state index in [2.05, 4.69) is 11.6 Å². The van der Waals surface area contributed by atoms with Crippen molar-refractivity contribution in [2.75, 3.05) is 6.61 Å². The average molecular weight is 230 g/mol. The normalized spacial score (nSPS) is 10.5. The highest BCUT2D eigenvalue weighted by atomic mass is 16.5. The molecule has 2 aromatic rings. The molecule has 2 rings (SSSR count). The number of nitrogens with zero attached hydrogens (tertiary/aromatic N) is 2. The van der Waals surface area contributed by atoms with Gasteiger partial charge in [-0.3, -0.25) is 4.40 Å². The standard InChI is InChI=1S/C13H14N2O2/c1-4-17-13(16)11-10-7-5-6-8-15(10)12(14-11)9(2)3/h5-8H,2,4H2,1,3H3. The van der Waals surface area contributed by atoms with Crippen LogP contribution in [-0.4, -0.2) is 22.0 Å². The third-order valence-corrected chi connectivity index (χ3v) is 2.40. The Morgan fingerprint density at radius 2 is 2.29 bits per heavy atom. The van der Waals surface area contributed by atoms with E-state index in [1.54, 1.807) is 6.92 Å². The lowest BCUT2D eigenvalue weighted by Crippen LogP contribution is -2.05. The van der Waals surface area contributed by atoms with Crippen LogP contribution in [0.5, 0.6) is 0 Å². The Balaban J connectivity index is 2.64. The molecule has 0 unspecified atom stereocenters. The number of ether oxygens (including phenoxy) is 1. The number of aromatic nitrogens is 2. The number of pyridine rings is 1. The van der Waals surface area contributed by atoms with Crippen molar-refractivity contribution in [1.82, 2.24) is 9.38 Å². The van der Waals surface area contributed by atoms with Gasteiger partial charge in [-0.1, -0.05) is 12.6 Å². The van der Waals surface area contributed by atoms with Crippen molar-refractivity contribution >= 4 is 17.1 Å². The van der Waals surface area contributed by atoms with Crippen LogP contribution in [0.25, 0.3) is 11.1 Å². The van der Waals surface area contributed by atoms with E-state index >= 15 is 0 Å². The molecule has 2 aromatic heterocycles. The summed E-state index contributed by atoms with van der Waals surface area (Å²) in [6, 6.07) is 5.59. The molecule has 0 aliphatic carbocycles. The molecule has 0 fully saturated rings. The van der Waals surface area contributed by atoms with E-state index < -0.39 is 5.97 Å². The van der Waals surface area contributed by atoms with E-state index in [1.165, 1.54) is 0 Å². The summed E-state index contributed by atoms with van der Waals surface area (Å²) >= 11 is 0. The molecule has 88 valence electrons. The molecule has 17 heavy (non-hydrogen) atoms. The Labute approximate surface area is 99.5 Å². The highest BCUT2D eigenvalue weighted by Gasteiger charge is 2.18. The van der Waals surface area contributed by atoms with Crippen molar-refractivity contribution in [3.63, 3.8) is 0 Å². The van der Waals surface area contributed by atoms with Crippen LogP contribution in [0.1, 0.15) is 30.2 Å². The summed E-state index contributed by atoms with van der Waals surface area (Å²) in [5, 5.41) is 0. The van der Waals surface area contributed by atoms with Gasteiger partial charge in [0.2, 0.25) is 0 Å². The molecule has 2 heterocycles. The molecular formula is C13H14N2O2. The predicted molar refractivity (Wildman–Crippen MR) is 65.9 cm³/mol.